The zero-order chi connectivity index (χ0) is 2.71. The standard InChI is InChI=1S/C2H4O.Al.3H/c1-2-3;;;;/h2H,1H3;;;;. The van der Waals surface area contributed by atoms with Crippen LogP contribution in [0.15, 0.2) is 0 Å². The molecule has 0 spiro atoms. The second-order valence-corrected chi connectivity index (χ2v) is 0.236. The van der Waals surface area contributed by atoms with Crippen LogP contribution in [0.5, 0.6) is 0 Å². The van der Waals surface area contributed by atoms with E-state index in [0.29, 0.717) is 0 Å². The third kappa shape index (κ3) is 77.7. The maximum atomic E-state index is 8.81. The minimum Gasteiger partial charge on any atom is -0.304 e. The molecule has 0 amide bonds. The van der Waals surface area contributed by atoms with E-state index in [2.05, 4.69) is 0 Å². The molecule has 0 fully saturated rings. The smallest absolute Gasteiger partial charge is 0.187 e. The SMILES string of the molecule is CC=O.[AlH3]. The van der Waals surface area contributed by atoms with E-state index < -0.39 is 0 Å². The Balaban J connectivity index is 0. The third-order valence-electron chi connectivity index (χ3n) is 0. The molecule has 0 unspecified atom stereocenters. The second-order valence-electron chi connectivity index (χ2n) is 0.236. The Morgan fingerprint density at radius 3 is 1.75 bits per heavy atom. The lowest BCUT2D eigenvalue weighted by molar-refractivity contribution is -0.106. The van der Waals surface area contributed by atoms with Gasteiger partial charge in [0.1, 0.15) is 6.29 Å². The maximum Gasteiger partial charge on any atom is 0.187 e. The van der Waals surface area contributed by atoms with Gasteiger partial charge in [0.15, 0.2) is 17.4 Å². The maximum absolute atomic E-state index is 8.81. The van der Waals surface area contributed by atoms with Gasteiger partial charge in [-0.2, -0.15) is 0 Å². The van der Waals surface area contributed by atoms with Gasteiger partial charge in [0.05, 0.1) is 0 Å². The van der Waals surface area contributed by atoms with Crippen LogP contribution in [0, 0.1) is 0 Å². The average Bonchev–Trinajstić information content (AvgIpc) is 0.918. The predicted octanol–water partition coefficient (Wildman–Crippen LogP) is -0.979. The minimum atomic E-state index is 0. The second kappa shape index (κ2) is 10.7. The van der Waals surface area contributed by atoms with Gasteiger partial charge in [0.2, 0.25) is 0 Å². The quantitative estimate of drug-likeness (QED) is 0.266. The van der Waals surface area contributed by atoms with E-state index in [4.69, 9.17) is 4.79 Å². The highest BCUT2D eigenvalue weighted by Crippen LogP contribution is 1.13. The van der Waals surface area contributed by atoms with Crippen molar-refractivity contribution in [3.63, 3.8) is 0 Å². The number of rotatable bonds is 0. The van der Waals surface area contributed by atoms with Crippen LogP contribution >= 0.6 is 0 Å². The molecule has 0 heterocycles. The number of aldehydes is 1. The fraction of sp³-hybridized carbons (Fsp3) is 0.500. The van der Waals surface area contributed by atoms with Crippen molar-refractivity contribution in [2.24, 2.45) is 0 Å². The lowest BCUT2D eigenvalue weighted by Gasteiger charge is -1.23. The summed E-state index contributed by atoms with van der Waals surface area (Å²) in [6.45, 7) is 1.44. The van der Waals surface area contributed by atoms with Gasteiger partial charge in [-0.1, -0.05) is 0 Å². The summed E-state index contributed by atoms with van der Waals surface area (Å²) < 4.78 is 0. The van der Waals surface area contributed by atoms with Crippen molar-refractivity contribution >= 4 is 23.6 Å². The summed E-state index contributed by atoms with van der Waals surface area (Å²) in [5.74, 6) is 0. The highest BCUT2D eigenvalue weighted by atomic mass is 27.0. The first-order valence-electron chi connectivity index (χ1n) is 0.813. The van der Waals surface area contributed by atoms with Crippen LogP contribution in [0.3, 0.4) is 0 Å². The Bertz CT molecular complexity index is 13.5. The van der Waals surface area contributed by atoms with Gasteiger partial charge in [0.25, 0.3) is 0 Å². The van der Waals surface area contributed by atoms with Gasteiger partial charge in [-0.15, -0.1) is 0 Å². The van der Waals surface area contributed by atoms with Crippen molar-refractivity contribution in [2.75, 3.05) is 0 Å². The van der Waals surface area contributed by atoms with Crippen LogP contribution in [-0.2, 0) is 4.79 Å². The van der Waals surface area contributed by atoms with Crippen LogP contribution in [0.1, 0.15) is 6.92 Å². The van der Waals surface area contributed by atoms with Crippen molar-refractivity contribution in [3.8, 4) is 0 Å². The predicted molar refractivity (Wildman–Crippen MR) is 21.7 cm³/mol. The lowest BCUT2D eigenvalue weighted by atomic mass is 11.0. The van der Waals surface area contributed by atoms with Gasteiger partial charge in [-0.25, -0.2) is 0 Å². The number of carbonyl (C=O) groups is 1. The van der Waals surface area contributed by atoms with Crippen LogP contribution in [0.4, 0.5) is 0 Å². The molecule has 0 atom stereocenters. The molecule has 1 nitrogen and oxygen atoms in total. The molecule has 24 valence electrons. The van der Waals surface area contributed by atoms with Crippen LogP contribution in [-0.4, -0.2) is 23.6 Å². The Morgan fingerprint density at radius 1 is 1.75 bits per heavy atom. The number of carbonyl (C=O) groups excluding carboxylic acids is 1. The number of hydrogen-bond donors (Lipinski definition) is 0. The highest BCUT2D eigenvalue weighted by molar-refractivity contribution is 5.75. The molecule has 0 saturated heterocycles. The van der Waals surface area contributed by atoms with E-state index in [0.717, 1.165) is 6.29 Å². The average molecular weight is 74.1 g/mol. The Labute approximate surface area is 36.1 Å². The fourth-order valence-corrected chi connectivity index (χ4v) is 0. The normalized spacial score (nSPS) is 3.25. The van der Waals surface area contributed by atoms with Crippen molar-refractivity contribution in [3.05, 3.63) is 0 Å². The van der Waals surface area contributed by atoms with E-state index in [1.54, 1.807) is 0 Å². The van der Waals surface area contributed by atoms with Gasteiger partial charge < -0.3 is 4.79 Å². The third-order valence-corrected chi connectivity index (χ3v) is 0. The van der Waals surface area contributed by atoms with Crippen molar-refractivity contribution in [1.29, 1.82) is 0 Å². The van der Waals surface area contributed by atoms with Crippen molar-refractivity contribution in [2.45, 2.75) is 6.92 Å². The Kier molecular flexibility index (Phi) is 23.9. The van der Waals surface area contributed by atoms with Gasteiger partial charge in [0, 0.05) is 0 Å². The molecule has 0 saturated carbocycles. The van der Waals surface area contributed by atoms with Gasteiger partial charge in [-0.3, -0.25) is 0 Å². The summed E-state index contributed by atoms with van der Waals surface area (Å²) >= 11 is 0. The first-order chi connectivity index (χ1) is 1.41. The Hall–Kier alpha value is 0.202. The molecule has 0 aliphatic heterocycles. The summed E-state index contributed by atoms with van der Waals surface area (Å²) in [5, 5.41) is 0. The molecule has 0 aromatic rings. The molecular formula is C2H7AlO. The van der Waals surface area contributed by atoms with E-state index in [-0.39, 0.29) is 17.4 Å². The molecule has 0 radical (unpaired) electrons. The molecule has 2 heteroatoms. The van der Waals surface area contributed by atoms with E-state index in [1.807, 2.05) is 0 Å². The molecule has 0 aromatic carbocycles. The van der Waals surface area contributed by atoms with E-state index in [1.165, 1.54) is 6.92 Å². The summed E-state index contributed by atoms with van der Waals surface area (Å²) in [5.41, 5.74) is 0. The molecule has 0 aliphatic carbocycles. The van der Waals surface area contributed by atoms with Crippen molar-refractivity contribution < 1.29 is 4.79 Å². The monoisotopic (exact) mass is 74.0 g/mol. The van der Waals surface area contributed by atoms with Crippen LogP contribution in [0.25, 0.3) is 0 Å². The molecule has 4 heavy (non-hydrogen) atoms. The van der Waals surface area contributed by atoms with Crippen LogP contribution < -0.4 is 0 Å². The molecule has 0 aromatic heterocycles. The summed E-state index contributed by atoms with van der Waals surface area (Å²) in [6.07, 6.45) is 0.750. The molecule has 0 bridgehead atoms. The molecule has 0 aliphatic rings. The zero-order valence-corrected chi connectivity index (χ0v) is 1.99. The van der Waals surface area contributed by atoms with Gasteiger partial charge in [-0.05, 0) is 6.92 Å². The molecule has 0 rings (SSSR count). The Morgan fingerprint density at radius 2 is 1.75 bits per heavy atom. The summed E-state index contributed by atoms with van der Waals surface area (Å²) in [4.78, 5) is 8.81. The summed E-state index contributed by atoms with van der Waals surface area (Å²) in [6, 6.07) is 0. The lowest BCUT2D eigenvalue weighted by Crippen LogP contribution is -1.36. The van der Waals surface area contributed by atoms with E-state index in [9.17, 15) is 0 Å². The molecule has 0 N–H and O–H groups in total. The largest absolute Gasteiger partial charge is 0.304 e. The van der Waals surface area contributed by atoms with Crippen LogP contribution in [0.2, 0.25) is 0 Å². The highest BCUT2D eigenvalue weighted by Gasteiger charge is 1.24. The van der Waals surface area contributed by atoms with E-state index >= 15 is 0 Å². The van der Waals surface area contributed by atoms with Gasteiger partial charge >= 0.3 is 0 Å². The first kappa shape index (κ1) is 8.88. The van der Waals surface area contributed by atoms with Crippen molar-refractivity contribution in [1.82, 2.24) is 0 Å². The molecular weight excluding hydrogens is 67.0 g/mol. The zero-order valence-electron chi connectivity index (χ0n) is 1.99. The topological polar surface area (TPSA) is 17.1 Å². The fourth-order valence-electron chi connectivity index (χ4n) is 0. The minimum absolute atomic E-state index is 0. The summed E-state index contributed by atoms with van der Waals surface area (Å²) in [7, 11) is 0. The first-order valence-corrected chi connectivity index (χ1v) is 0.813. The number of hydrogen-bond acceptors (Lipinski definition) is 1.